The lowest BCUT2D eigenvalue weighted by Gasteiger charge is -2.29. The number of nitrogens with zero attached hydrogens (tertiary/aromatic N) is 1. The molecule has 0 radical (unpaired) electrons. The van der Waals surface area contributed by atoms with E-state index in [1.165, 1.54) is 0 Å². The average Bonchev–Trinajstić information content (AvgIpc) is 2.89. The number of carbonyl (C=O) groups excluding carboxylic acids is 2. The summed E-state index contributed by atoms with van der Waals surface area (Å²) in [6.07, 6.45) is 7.76. The number of aryl methyl sites for hydroxylation is 1. The van der Waals surface area contributed by atoms with Crippen LogP contribution in [0.25, 0.3) is 0 Å². The number of rotatable bonds is 8. The fourth-order valence-corrected chi connectivity index (χ4v) is 3.76. The van der Waals surface area contributed by atoms with Gasteiger partial charge in [0.2, 0.25) is 0 Å². The van der Waals surface area contributed by atoms with Crippen molar-refractivity contribution in [3.8, 4) is 0 Å². The van der Waals surface area contributed by atoms with E-state index in [2.05, 4.69) is 25.8 Å². The predicted molar refractivity (Wildman–Crippen MR) is 97.7 cm³/mol. The Kier molecular flexibility index (Phi) is 6.64. The van der Waals surface area contributed by atoms with Gasteiger partial charge in [0, 0.05) is 30.3 Å². The van der Waals surface area contributed by atoms with Crippen LogP contribution in [0.4, 0.5) is 0 Å². The molecule has 0 fully saturated rings. The molecule has 1 amide bonds. The van der Waals surface area contributed by atoms with Crippen LogP contribution >= 0.6 is 0 Å². The second-order valence-electron chi connectivity index (χ2n) is 7.10. The van der Waals surface area contributed by atoms with Crippen molar-refractivity contribution in [3.05, 3.63) is 22.5 Å². The minimum Gasteiger partial charge on any atom is -0.354 e. The van der Waals surface area contributed by atoms with Gasteiger partial charge in [0.1, 0.15) is 5.69 Å². The Labute approximate surface area is 146 Å². The molecule has 24 heavy (non-hydrogen) atoms. The zero-order valence-corrected chi connectivity index (χ0v) is 15.7. The third-order valence-corrected chi connectivity index (χ3v) is 5.15. The Hall–Kier alpha value is -1.58. The van der Waals surface area contributed by atoms with Gasteiger partial charge >= 0.3 is 0 Å². The van der Waals surface area contributed by atoms with Crippen molar-refractivity contribution in [2.75, 3.05) is 6.54 Å². The highest BCUT2D eigenvalue weighted by Gasteiger charge is 2.29. The van der Waals surface area contributed by atoms with E-state index in [1.54, 1.807) is 0 Å². The lowest BCUT2D eigenvalue weighted by Crippen LogP contribution is -2.39. The molecule has 1 aromatic rings. The highest BCUT2D eigenvalue weighted by molar-refractivity contribution is 6.04. The van der Waals surface area contributed by atoms with E-state index in [4.69, 9.17) is 0 Å². The van der Waals surface area contributed by atoms with Crippen LogP contribution in [0.5, 0.6) is 0 Å². The van der Waals surface area contributed by atoms with Gasteiger partial charge in [-0.25, -0.2) is 0 Å². The molecular formula is C20H32N2O2. The van der Waals surface area contributed by atoms with Gasteiger partial charge in [-0.1, -0.05) is 33.1 Å². The molecule has 4 heteroatoms. The Morgan fingerprint density at radius 3 is 2.58 bits per heavy atom. The third kappa shape index (κ3) is 3.90. The van der Waals surface area contributed by atoms with Crippen molar-refractivity contribution in [1.29, 1.82) is 0 Å². The number of unbranched alkanes of at least 4 members (excludes halogenated alkanes) is 2. The van der Waals surface area contributed by atoms with Crippen LogP contribution in [-0.2, 0) is 6.42 Å². The summed E-state index contributed by atoms with van der Waals surface area (Å²) in [7, 11) is 0. The molecule has 1 aromatic heterocycles. The van der Waals surface area contributed by atoms with Gasteiger partial charge < -0.3 is 9.88 Å². The molecule has 0 aromatic carbocycles. The predicted octanol–water partition coefficient (Wildman–Crippen LogP) is 4.66. The summed E-state index contributed by atoms with van der Waals surface area (Å²) in [5, 5.41) is 0. The second-order valence-corrected chi connectivity index (χ2v) is 7.10. The number of ketones is 1. The molecule has 1 heterocycles. The molecule has 1 aliphatic carbocycles. The van der Waals surface area contributed by atoms with Crippen molar-refractivity contribution in [3.63, 3.8) is 0 Å². The maximum atomic E-state index is 13.2. The first kappa shape index (κ1) is 18.8. The quantitative estimate of drug-likeness (QED) is 0.704. The molecule has 0 saturated carbocycles. The number of fused-ring (bicyclic) bond motifs is 1. The first-order valence-electron chi connectivity index (χ1n) is 9.56. The number of aromatic nitrogens is 1. The smallest absolute Gasteiger partial charge is 0.270 e. The number of Topliss-reactive ketones (excluding diaryl/α,β-unsaturated/α-hetero) is 1. The minimum atomic E-state index is 0.0618. The molecule has 134 valence electrons. The fourth-order valence-electron chi connectivity index (χ4n) is 3.76. The number of carbonyl (C=O) groups is 2. The number of hydrogen-bond donors (Lipinski definition) is 1. The normalized spacial score (nSPS) is 15.2. The Morgan fingerprint density at radius 2 is 1.96 bits per heavy atom. The van der Waals surface area contributed by atoms with Crippen LogP contribution in [-0.4, -0.2) is 34.2 Å². The Balaban J connectivity index is 2.26. The number of amides is 1. The lowest BCUT2D eigenvalue weighted by atomic mass is 9.93. The molecule has 0 spiro atoms. The van der Waals surface area contributed by atoms with Gasteiger partial charge in [0.15, 0.2) is 5.78 Å². The maximum absolute atomic E-state index is 13.2. The molecule has 0 aliphatic heterocycles. The van der Waals surface area contributed by atoms with E-state index in [-0.39, 0.29) is 17.7 Å². The third-order valence-electron chi connectivity index (χ3n) is 5.15. The standard InChI is InChI=1S/C20H32N2O2/c1-5-7-8-13-22(14(3)10-6-2)20(24)19-15(4)18-16(21-19)11-9-12-17(18)23/h14,21H,5-13H2,1-4H3. The van der Waals surface area contributed by atoms with Crippen LogP contribution in [0.3, 0.4) is 0 Å². The van der Waals surface area contributed by atoms with Crippen LogP contribution in [0, 0.1) is 6.92 Å². The topological polar surface area (TPSA) is 53.2 Å². The number of nitrogens with one attached hydrogen (secondary N) is 1. The second kappa shape index (κ2) is 8.50. The minimum absolute atomic E-state index is 0.0618. The summed E-state index contributed by atoms with van der Waals surface area (Å²) in [5.74, 6) is 0.245. The Morgan fingerprint density at radius 1 is 1.21 bits per heavy atom. The maximum Gasteiger partial charge on any atom is 0.270 e. The molecule has 1 N–H and O–H groups in total. The summed E-state index contributed by atoms with van der Waals surface area (Å²) in [4.78, 5) is 30.7. The van der Waals surface area contributed by atoms with Gasteiger partial charge in [0.25, 0.3) is 5.91 Å². The summed E-state index contributed by atoms with van der Waals surface area (Å²) in [6, 6.07) is 0.231. The van der Waals surface area contributed by atoms with E-state index in [9.17, 15) is 9.59 Å². The zero-order chi connectivity index (χ0) is 17.7. The van der Waals surface area contributed by atoms with E-state index in [0.29, 0.717) is 12.1 Å². The highest BCUT2D eigenvalue weighted by atomic mass is 16.2. The van der Waals surface area contributed by atoms with Gasteiger partial charge in [-0.3, -0.25) is 9.59 Å². The lowest BCUT2D eigenvalue weighted by molar-refractivity contribution is 0.0673. The van der Waals surface area contributed by atoms with E-state index >= 15 is 0 Å². The molecular weight excluding hydrogens is 300 g/mol. The molecule has 0 bridgehead atoms. The zero-order valence-electron chi connectivity index (χ0n) is 15.7. The number of aromatic amines is 1. The van der Waals surface area contributed by atoms with Crippen LogP contribution in [0.1, 0.15) is 97.8 Å². The van der Waals surface area contributed by atoms with Crippen molar-refractivity contribution in [2.24, 2.45) is 0 Å². The van der Waals surface area contributed by atoms with Gasteiger partial charge in [0.05, 0.1) is 0 Å². The summed E-state index contributed by atoms with van der Waals surface area (Å²) < 4.78 is 0. The first-order chi connectivity index (χ1) is 11.5. The van der Waals surface area contributed by atoms with Crippen molar-refractivity contribution < 1.29 is 9.59 Å². The molecule has 0 saturated heterocycles. The number of H-pyrrole nitrogens is 1. The molecule has 1 atom stereocenters. The molecule has 2 rings (SSSR count). The van der Waals surface area contributed by atoms with Crippen LogP contribution < -0.4 is 0 Å². The van der Waals surface area contributed by atoms with Gasteiger partial charge in [-0.05, 0) is 45.1 Å². The van der Waals surface area contributed by atoms with Crippen LogP contribution in [0.2, 0.25) is 0 Å². The first-order valence-corrected chi connectivity index (χ1v) is 9.56. The molecule has 4 nitrogen and oxygen atoms in total. The summed E-state index contributed by atoms with van der Waals surface area (Å²) in [6.45, 7) is 9.18. The van der Waals surface area contributed by atoms with Gasteiger partial charge in [-0.2, -0.15) is 0 Å². The monoisotopic (exact) mass is 332 g/mol. The van der Waals surface area contributed by atoms with E-state index in [0.717, 1.165) is 68.3 Å². The highest BCUT2D eigenvalue weighted by Crippen LogP contribution is 2.27. The van der Waals surface area contributed by atoms with Crippen molar-refractivity contribution in [2.45, 2.75) is 85.1 Å². The van der Waals surface area contributed by atoms with Crippen molar-refractivity contribution >= 4 is 11.7 Å². The summed E-state index contributed by atoms with van der Waals surface area (Å²) in [5.41, 5.74) is 3.23. The van der Waals surface area contributed by atoms with Crippen LogP contribution in [0.15, 0.2) is 0 Å². The Bertz CT molecular complexity index is 589. The number of hydrogen-bond acceptors (Lipinski definition) is 2. The largest absolute Gasteiger partial charge is 0.354 e. The molecule has 1 aliphatic rings. The average molecular weight is 332 g/mol. The molecule has 1 unspecified atom stereocenters. The summed E-state index contributed by atoms with van der Waals surface area (Å²) >= 11 is 0. The van der Waals surface area contributed by atoms with E-state index < -0.39 is 0 Å². The van der Waals surface area contributed by atoms with Gasteiger partial charge in [-0.15, -0.1) is 0 Å². The van der Waals surface area contributed by atoms with E-state index in [1.807, 2.05) is 11.8 Å². The fraction of sp³-hybridized carbons (Fsp3) is 0.700. The van der Waals surface area contributed by atoms with Crippen molar-refractivity contribution in [1.82, 2.24) is 9.88 Å². The SMILES string of the molecule is CCCCCN(C(=O)c1[nH]c2c(c1C)C(=O)CCC2)C(C)CCC.